The lowest BCUT2D eigenvalue weighted by Gasteiger charge is -2.00. The lowest BCUT2D eigenvalue weighted by Crippen LogP contribution is -1.77. The van der Waals surface area contributed by atoms with Crippen molar-refractivity contribution in [3.63, 3.8) is 0 Å². The molecule has 0 aliphatic heterocycles. The minimum Gasteiger partial charge on any atom is -0.129 e. The Morgan fingerprint density at radius 2 is 2.15 bits per heavy atom. The van der Waals surface area contributed by atoms with E-state index in [1.807, 2.05) is 0 Å². The van der Waals surface area contributed by atoms with Gasteiger partial charge in [0, 0.05) is 10.8 Å². The van der Waals surface area contributed by atoms with Crippen LogP contribution in [0.25, 0.3) is 6.08 Å². The summed E-state index contributed by atoms with van der Waals surface area (Å²) in [4.78, 5) is 1.31. The Hall–Kier alpha value is -0.400. The fourth-order valence-electron chi connectivity index (χ4n) is 1.08. The third kappa shape index (κ3) is 3.45. The Kier molecular flexibility index (Phi) is 5.02. The maximum absolute atomic E-state index is 5.58. The highest BCUT2D eigenvalue weighted by molar-refractivity contribution is 7.98. The summed E-state index contributed by atoms with van der Waals surface area (Å²) >= 11 is 7.35. The summed E-state index contributed by atoms with van der Waals surface area (Å²) in [5.74, 6) is 0.692. The van der Waals surface area contributed by atoms with Gasteiger partial charge < -0.3 is 0 Å². The number of hydrogen-bond acceptors (Lipinski definition) is 1. The van der Waals surface area contributed by atoms with E-state index in [4.69, 9.17) is 11.6 Å². The molecule has 0 saturated heterocycles. The molecule has 0 unspecified atom stereocenters. The molecule has 0 saturated carbocycles. The van der Waals surface area contributed by atoms with E-state index in [0.717, 1.165) is 6.42 Å². The van der Waals surface area contributed by atoms with E-state index in [2.05, 4.69) is 42.7 Å². The number of halogens is 1. The molecule has 1 rings (SSSR count). The van der Waals surface area contributed by atoms with Crippen LogP contribution in [0.1, 0.15) is 12.0 Å². The van der Waals surface area contributed by atoms with Crippen molar-refractivity contribution < 1.29 is 0 Å². The summed E-state index contributed by atoms with van der Waals surface area (Å²) in [7, 11) is 0. The topological polar surface area (TPSA) is 0 Å². The second-order valence-corrected chi connectivity index (χ2v) is 3.85. The zero-order valence-corrected chi connectivity index (χ0v) is 9.24. The molecule has 2 heteroatoms. The van der Waals surface area contributed by atoms with Gasteiger partial charge in [0.05, 0.1) is 0 Å². The van der Waals surface area contributed by atoms with Crippen molar-refractivity contribution in [3.8, 4) is 0 Å². The number of benzene rings is 1. The van der Waals surface area contributed by atoms with Crippen LogP contribution in [0.5, 0.6) is 0 Å². The van der Waals surface area contributed by atoms with Crippen LogP contribution in [-0.4, -0.2) is 12.1 Å². The first kappa shape index (κ1) is 10.7. The predicted octanol–water partition coefficient (Wildman–Crippen LogP) is 4.05. The fourth-order valence-corrected chi connectivity index (χ4v) is 1.79. The van der Waals surface area contributed by atoms with Crippen LogP contribution >= 0.6 is 23.4 Å². The Morgan fingerprint density at radius 1 is 1.38 bits per heavy atom. The molecule has 13 heavy (non-hydrogen) atoms. The molecule has 1 aromatic rings. The van der Waals surface area contributed by atoms with Crippen LogP contribution in [-0.2, 0) is 0 Å². The van der Waals surface area contributed by atoms with Crippen LogP contribution in [0.3, 0.4) is 0 Å². The number of hydrogen-bond donors (Lipinski definition) is 0. The van der Waals surface area contributed by atoms with E-state index in [1.54, 1.807) is 11.8 Å². The molecule has 0 N–H and O–H groups in total. The Balaban J connectivity index is 2.74. The van der Waals surface area contributed by atoms with Crippen LogP contribution in [0.4, 0.5) is 0 Å². The van der Waals surface area contributed by atoms with E-state index < -0.39 is 0 Å². The average molecular weight is 213 g/mol. The lowest BCUT2D eigenvalue weighted by atomic mass is 10.2. The number of thioether (sulfide) groups is 1. The van der Waals surface area contributed by atoms with Crippen LogP contribution in [0.2, 0.25) is 0 Å². The van der Waals surface area contributed by atoms with Gasteiger partial charge in [0.25, 0.3) is 0 Å². The lowest BCUT2D eigenvalue weighted by molar-refractivity contribution is 1.24. The highest BCUT2D eigenvalue weighted by Crippen LogP contribution is 2.20. The third-order valence-electron chi connectivity index (χ3n) is 1.71. The summed E-state index contributed by atoms with van der Waals surface area (Å²) in [6.45, 7) is 0. The Labute approximate surface area is 89.0 Å². The third-order valence-corrected chi connectivity index (χ3v) is 2.74. The number of allylic oxidation sites excluding steroid dienone is 1. The molecule has 0 aliphatic carbocycles. The van der Waals surface area contributed by atoms with Crippen LogP contribution < -0.4 is 0 Å². The molecule has 0 atom stereocenters. The molecule has 1 aromatic carbocycles. The first-order chi connectivity index (χ1) is 6.38. The first-order valence-corrected chi connectivity index (χ1v) is 6.00. The van der Waals surface area contributed by atoms with Gasteiger partial charge in [-0.2, -0.15) is 0 Å². The summed E-state index contributed by atoms with van der Waals surface area (Å²) in [5, 5.41) is 0. The molecular formula is C11H13ClS. The summed E-state index contributed by atoms with van der Waals surface area (Å²) in [5.41, 5.74) is 1.28. The van der Waals surface area contributed by atoms with Crippen molar-refractivity contribution in [2.75, 3.05) is 12.1 Å². The molecule has 0 aliphatic rings. The zero-order chi connectivity index (χ0) is 9.52. The number of alkyl halides is 1. The van der Waals surface area contributed by atoms with Gasteiger partial charge in [-0.25, -0.2) is 0 Å². The van der Waals surface area contributed by atoms with Crippen molar-refractivity contribution in [1.82, 2.24) is 0 Å². The molecule has 0 nitrogen and oxygen atoms in total. The van der Waals surface area contributed by atoms with Crippen LogP contribution in [0, 0.1) is 0 Å². The quantitative estimate of drug-likeness (QED) is 0.536. The molecule has 0 heterocycles. The van der Waals surface area contributed by atoms with Gasteiger partial charge in [-0.15, -0.1) is 23.4 Å². The SMILES string of the molecule is CSc1ccccc1C=CCCCl. The molecule has 0 bridgehead atoms. The summed E-state index contributed by atoms with van der Waals surface area (Å²) < 4.78 is 0. The van der Waals surface area contributed by atoms with Gasteiger partial charge in [-0.05, 0) is 24.3 Å². The monoisotopic (exact) mass is 212 g/mol. The summed E-state index contributed by atoms with van der Waals surface area (Å²) in [6, 6.07) is 8.37. The number of rotatable bonds is 4. The fraction of sp³-hybridized carbons (Fsp3) is 0.273. The van der Waals surface area contributed by atoms with Crippen LogP contribution in [0.15, 0.2) is 35.2 Å². The van der Waals surface area contributed by atoms with Crippen molar-refractivity contribution in [1.29, 1.82) is 0 Å². The van der Waals surface area contributed by atoms with Crippen molar-refractivity contribution in [3.05, 3.63) is 35.9 Å². The first-order valence-electron chi connectivity index (χ1n) is 4.24. The molecule has 70 valence electrons. The second kappa shape index (κ2) is 6.11. The van der Waals surface area contributed by atoms with E-state index >= 15 is 0 Å². The Morgan fingerprint density at radius 3 is 2.85 bits per heavy atom. The van der Waals surface area contributed by atoms with E-state index in [1.165, 1.54) is 10.5 Å². The van der Waals surface area contributed by atoms with Crippen molar-refractivity contribution in [2.24, 2.45) is 0 Å². The van der Waals surface area contributed by atoms with E-state index in [-0.39, 0.29) is 0 Å². The van der Waals surface area contributed by atoms with Gasteiger partial charge in [0.1, 0.15) is 0 Å². The van der Waals surface area contributed by atoms with E-state index in [9.17, 15) is 0 Å². The highest BCUT2D eigenvalue weighted by Gasteiger charge is 1.94. The largest absolute Gasteiger partial charge is 0.129 e. The molecular weight excluding hydrogens is 200 g/mol. The molecule has 0 amide bonds. The van der Waals surface area contributed by atoms with Crippen molar-refractivity contribution >= 4 is 29.4 Å². The average Bonchev–Trinajstić information content (AvgIpc) is 2.19. The van der Waals surface area contributed by atoms with Gasteiger partial charge >= 0.3 is 0 Å². The normalized spacial score (nSPS) is 10.9. The molecule has 0 spiro atoms. The van der Waals surface area contributed by atoms with E-state index in [0.29, 0.717) is 5.88 Å². The highest BCUT2D eigenvalue weighted by atomic mass is 35.5. The predicted molar refractivity (Wildman–Crippen MR) is 62.6 cm³/mol. The van der Waals surface area contributed by atoms with Gasteiger partial charge in [-0.3, -0.25) is 0 Å². The smallest absolute Gasteiger partial charge is 0.0258 e. The molecule has 0 radical (unpaired) electrons. The molecule has 0 aromatic heterocycles. The molecule has 0 fully saturated rings. The van der Waals surface area contributed by atoms with Gasteiger partial charge in [0.2, 0.25) is 0 Å². The standard InChI is InChI=1S/C11H13ClS/c1-13-11-8-3-2-6-10(11)7-4-5-9-12/h2-4,6-8H,5,9H2,1H3. The second-order valence-electron chi connectivity index (χ2n) is 2.62. The maximum atomic E-state index is 5.58. The Bertz CT molecular complexity index is 281. The van der Waals surface area contributed by atoms with Gasteiger partial charge in [0.15, 0.2) is 0 Å². The van der Waals surface area contributed by atoms with Crippen molar-refractivity contribution in [2.45, 2.75) is 11.3 Å². The minimum atomic E-state index is 0.692. The summed E-state index contributed by atoms with van der Waals surface area (Å²) in [6.07, 6.45) is 7.27. The minimum absolute atomic E-state index is 0.692. The maximum Gasteiger partial charge on any atom is 0.0258 e. The van der Waals surface area contributed by atoms with Gasteiger partial charge in [-0.1, -0.05) is 30.4 Å². The zero-order valence-electron chi connectivity index (χ0n) is 7.66.